The van der Waals surface area contributed by atoms with E-state index in [1.54, 1.807) is 18.3 Å². The summed E-state index contributed by atoms with van der Waals surface area (Å²) in [5.41, 5.74) is 5.67. The Labute approximate surface area is 119 Å². The standard InChI is InChI=1S/C14H14FN3O3/c1-21-12-5-4-9(7-11(12)15)8-18-6-2-3-10(14(18)19)13(16)17-20/h2-7,20H,8H2,1H3,(H2,16,17). The number of amidine groups is 1. The summed E-state index contributed by atoms with van der Waals surface area (Å²) >= 11 is 0. The highest BCUT2D eigenvalue weighted by molar-refractivity contribution is 5.96. The Morgan fingerprint density at radius 3 is 2.86 bits per heavy atom. The van der Waals surface area contributed by atoms with Crippen molar-refractivity contribution in [1.29, 1.82) is 0 Å². The van der Waals surface area contributed by atoms with Crippen molar-refractivity contribution in [2.75, 3.05) is 7.11 Å². The Morgan fingerprint density at radius 1 is 1.48 bits per heavy atom. The molecule has 1 heterocycles. The van der Waals surface area contributed by atoms with E-state index in [4.69, 9.17) is 15.7 Å². The predicted molar refractivity (Wildman–Crippen MR) is 75.3 cm³/mol. The van der Waals surface area contributed by atoms with Gasteiger partial charge in [0.1, 0.15) is 0 Å². The molecule has 0 amide bonds. The fourth-order valence-electron chi connectivity index (χ4n) is 1.92. The minimum absolute atomic E-state index is 0.0778. The number of nitrogens with zero attached hydrogens (tertiary/aromatic N) is 2. The van der Waals surface area contributed by atoms with Crippen LogP contribution in [0, 0.1) is 5.82 Å². The molecule has 2 aromatic rings. The molecule has 6 nitrogen and oxygen atoms in total. The lowest BCUT2D eigenvalue weighted by atomic mass is 10.2. The summed E-state index contributed by atoms with van der Waals surface area (Å²) in [5, 5.41) is 11.4. The van der Waals surface area contributed by atoms with Crippen LogP contribution in [0.2, 0.25) is 0 Å². The van der Waals surface area contributed by atoms with Crippen molar-refractivity contribution in [3.63, 3.8) is 0 Å². The minimum Gasteiger partial charge on any atom is -0.494 e. The lowest BCUT2D eigenvalue weighted by Crippen LogP contribution is -2.29. The van der Waals surface area contributed by atoms with Crippen LogP contribution in [0.3, 0.4) is 0 Å². The van der Waals surface area contributed by atoms with Gasteiger partial charge in [0.15, 0.2) is 17.4 Å². The molecule has 1 aromatic carbocycles. The summed E-state index contributed by atoms with van der Waals surface area (Å²) in [6, 6.07) is 7.48. The molecular formula is C14H14FN3O3. The van der Waals surface area contributed by atoms with Gasteiger partial charge in [-0.3, -0.25) is 4.79 Å². The van der Waals surface area contributed by atoms with E-state index >= 15 is 0 Å². The summed E-state index contributed by atoms with van der Waals surface area (Å²) < 4.78 is 19.8. The van der Waals surface area contributed by atoms with E-state index < -0.39 is 11.4 Å². The van der Waals surface area contributed by atoms with Crippen LogP contribution in [-0.4, -0.2) is 22.7 Å². The van der Waals surface area contributed by atoms with Gasteiger partial charge in [0.25, 0.3) is 5.56 Å². The van der Waals surface area contributed by atoms with E-state index in [0.29, 0.717) is 5.56 Å². The maximum Gasteiger partial charge on any atom is 0.261 e. The van der Waals surface area contributed by atoms with Crippen LogP contribution in [0.5, 0.6) is 5.75 Å². The number of pyridine rings is 1. The van der Waals surface area contributed by atoms with Crippen molar-refractivity contribution in [3.8, 4) is 5.75 Å². The third-order valence-corrected chi connectivity index (χ3v) is 2.97. The molecule has 2 rings (SSSR count). The summed E-state index contributed by atoms with van der Waals surface area (Å²) in [6.07, 6.45) is 1.54. The van der Waals surface area contributed by atoms with Crippen LogP contribution >= 0.6 is 0 Å². The second kappa shape index (κ2) is 6.08. The number of rotatable bonds is 4. The topological polar surface area (TPSA) is 89.8 Å². The molecule has 0 atom stereocenters. The van der Waals surface area contributed by atoms with Gasteiger partial charge in [0.05, 0.1) is 19.2 Å². The van der Waals surface area contributed by atoms with Crippen LogP contribution in [0.25, 0.3) is 0 Å². The highest BCUT2D eigenvalue weighted by Crippen LogP contribution is 2.18. The van der Waals surface area contributed by atoms with Crippen molar-refractivity contribution in [2.45, 2.75) is 6.54 Å². The molecule has 3 N–H and O–H groups in total. The third-order valence-electron chi connectivity index (χ3n) is 2.97. The Kier molecular flexibility index (Phi) is 4.22. The Balaban J connectivity index is 2.36. The lowest BCUT2D eigenvalue weighted by molar-refractivity contribution is 0.318. The van der Waals surface area contributed by atoms with E-state index in [0.717, 1.165) is 0 Å². The normalized spacial score (nSPS) is 11.4. The van der Waals surface area contributed by atoms with Crippen LogP contribution in [0.4, 0.5) is 4.39 Å². The zero-order chi connectivity index (χ0) is 15.4. The van der Waals surface area contributed by atoms with Gasteiger partial charge in [-0.2, -0.15) is 0 Å². The Morgan fingerprint density at radius 2 is 2.24 bits per heavy atom. The number of aromatic nitrogens is 1. The SMILES string of the molecule is COc1ccc(Cn2cccc(/C(N)=N/O)c2=O)cc1F. The van der Waals surface area contributed by atoms with E-state index in [9.17, 15) is 9.18 Å². The molecule has 0 bridgehead atoms. The van der Waals surface area contributed by atoms with Crippen molar-refractivity contribution in [1.82, 2.24) is 4.57 Å². The highest BCUT2D eigenvalue weighted by Gasteiger charge is 2.09. The first-order valence-electron chi connectivity index (χ1n) is 6.06. The summed E-state index contributed by atoms with van der Waals surface area (Å²) in [6.45, 7) is 0.159. The molecule has 0 fully saturated rings. The smallest absolute Gasteiger partial charge is 0.261 e. The van der Waals surface area contributed by atoms with Crippen LogP contribution in [-0.2, 0) is 6.54 Å². The first kappa shape index (κ1) is 14.6. The van der Waals surface area contributed by atoms with Crippen LogP contribution in [0.1, 0.15) is 11.1 Å². The van der Waals surface area contributed by atoms with E-state index in [1.807, 2.05) is 0 Å². The molecular weight excluding hydrogens is 277 g/mol. The quantitative estimate of drug-likeness (QED) is 0.382. The Hall–Kier alpha value is -2.83. The number of benzene rings is 1. The molecule has 1 aromatic heterocycles. The number of hydrogen-bond donors (Lipinski definition) is 2. The number of methoxy groups -OCH3 is 1. The zero-order valence-electron chi connectivity index (χ0n) is 11.3. The third kappa shape index (κ3) is 3.02. The van der Waals surface area contributed by atoms with Gasteiger partial charge >= 0.3 is 0 Å². The van der Waals surface area contributed by atoms with Crippen molar-refractivity contribution < 1.29 is 14.3 Å². The summed E-state index contributed by atoms with van der Waals surface area (Å²) in [4.78, 5) is 12.2. The second-order valence-corrected chi connectivity index (χ2v) is 4.31. The number of halogens is 1. The fourth-order valence-corrected chi connectivity index (χ4v) is 1.92. The van der Waals surface area contributed by atoms with Gasteiger partial charge in [-0.1, -0.05) is 11.2 Å². The first-order chi connectivity index (χ1) is 10.1. The first-order valence-corrected chi connectivity index (χ1v) is 6.06. The van der Waals surface area contributed by atoms with Gasteiger partial charge in [0, 0.05) is 6.20 Å². The van der Waals surface area contributed by atoms with E-state index in [1.165, 1.54) is 29.9 Å². The fraction of sp³-hybridized carbons (Fsp3) is 0.143. The second-order valence-electron chi connectivity index (χ2n) is 4.31. The maximum atomic E-state index is 13.6. The average Bonchev–Trinajstić information content (AvgIpc) is 2.49. The Bertz CT molecular complexity index is 740. The highest BCUT2D eigenvalue weighted by atomic mass is 19.1. The van der Waals surface area contributed by atoms with Gasteiger partial charge in [-0.15, -0.1) is 0 Å². The van der Waals surface area contributed by atoms with Crippen molar-refractivity contribution >= 4 is 5.84 Å². The average molecular weight is 291 g/mol. The van der Waals surface area contributed by atoms with E-state index in [2.05, 4.69) is 5.16 Å². The molecule has 0 aliphatic rings. The van der Waals surface area contributed by atoms with Gasteiger partial charge < -0.3 is 20.2 Å². The number of ether oxygens (including phenoxy) is 1. The van der Waals surface area contributed by atoms with Gasteiger partial charge in [-0.05, 0) is 29.8 Å². The van der Waals surface area contributed by atoms with E-state index in [-0.39, 0.29) is 23.7 Å². The van der Waals surface area contributed by atoms with Crippen molar-refractivity contribution in [3.05, 3.63) is 63.8 Å². The number of nitrogens with two attached hydrogens (primary N) is 1. The molecule has 0 spiro atoms. The largest absolute Gasteiger partial charge is 0.494 e. The molecule has 110 valence electrons. The summed E-state index contributed by atoms with van der Waals surface area (Å²) in [7, 11) is 1.38. The molecule has 7 heteroatoms. The van der Waals surface area contributed by atoms with Gasteiger partial charge in [0.2, 0.25) is 0 Å². The monoisotopic (exact) mass is 291 g/mol. The van der Waals surface area contributed by atoms with Crippen LogP contribution in [0.15, 0.2) is 46.5 Å². The number of oxime groups is 1. The maximum absolute atomic E-state index is 13.6. The number of hydrogen-bond acceptors (Lipinski definition) is 4. The van der Waals surface area contributed by atoms with Gasteiger partial charge in [-0.25, -0.2) is 4.39 Å². The predicted octanol–water partition coefficient (Wildman–Crippen LogP) is 1.14. The van der Waals surface area contributed by atoms with Crippen LogP contribution < -0.4 is 16.0 Å². The summed E-state index contributed by atoms with van der Waals surface area (Å²) in [5.74, 6) is -0.637. The molecule has 0 aliphatic carbocycles. The molecule has 0 aliphatic heterocycles. The molecule has 0 saturated carbocycles. The molecule has 0 radical (unpaired) electrons. The zero-order valence-corrected chi connectivity index (χ0v) is 11.3. The minimum atomic E-state index is -0.504. The van der Waals surface area contributed by atoms with Crippen molar-refractivity contribution in [2.24, 2.45) is 10.9 Å². The lowest BCUT2D eigenvalue weighted by Gasteiger charge is -2.09. The molecule has 21 heavy (non-hydrogen) atoms. The molecule has 0 unspecified atom stereocenters. The molecule has 0 saturated heterocycles.